The average molecular weight is 277 g/mol. The molecule has 0 aliphatic carbocycles. The predicted molar refractivity (Wildman–Crippen MR) is 75.4 cm³/mol. The fourth-order valence-corrected chi connectivity index (χ4v) is 1.69. The van der Waals surface area contributed by atoms with Crippen LogP contribution in [0, 0.1) is 21.4 Å². The van der Waals surface area contributed by atoms with Crippen molar-refractivity contribution in [2.24, 2.45) is 0 Å². The van der Waals surface area contributed by atoms with Gasteiger partial charge in [0.2, 0.25) is 0 Å². The van der Waals surface area contributed by atoms with E-state index in [-0.39, 0.29) is 5.69 Å². The molecule has 0 aliphatic rings. The van der Waals surface area contributed by atoms with Crippen LogP contribution in [0.25, 0.3) is 0 Å². The number of unbranched alkanes of at least 4 members (excludes halogenated alkanes) is 1. The Balaban J connectivity index is 2.74. The van der Waals surface area contributed by atoms with Crippen LogP contribution < -0.4 is 10.1 Å². The van der Waals surface area contributed by atoms with Crippen LogP contribution in [0.15, 0.2) is 18.2 Å². The number of rotatable bonds is 9. The first-order valence-electron chi connectivity index (χ1n) is 6.66. The summed E-state index contributed by atoms with van der Waals surface area (Å²) < 4.78 is 5.59. The van der Waals surface area contributed by atoms with Crippen molar-refractivity contribution >= 4 is 5.69 Å². The van der Waals surface area contributed by atoms with Crippen molar-refractivity contribution in [2.45, 2.75) is 32.7 Å². The van der Waals surface area contributed by atoms with Crippen LogP contribution in [-0.2, 0) is 6.54 Å². The second kappa shape index (κ2) is 8.88. The Morgan fingerprint density at radius 3 is 2.95 bits per heavy atom. The van der Waals surface area contributed by atoms with Crippen molar-refractivity contribution in [3.63, 3.8) is 0 Å². The third kappa shape index (κ3) is 5.24. The first-order valence-corrected chi connectivity index (χ1v) is 6.66. The van der Waals surface area contributed by atoms with Crippen LogP contribution >= 0.6 is 0 Å². The van der Waals surface area contributed by atoms with Gasteiger partial charge in [-0.3, -0.25) is 10.1 Å². The minimum absolute atomic E-state index is 0.0580. The van der Waals surface area contributed by atoms with E-state index in [4.69, 9.17) is 10.00 Å². The largest absolute Gasteiger partial charge is 0.493 e. The number of nitro groups is 1. The third-order valence-electron chi connectivity index (χ3n) is 2.69. The minimum atomic E-state index is -0.414. The fraction of sp³-hybridized carbons (Fsp3) is 0.500. The summed E-state index contributed by atoms with van der Waals surface area (Å²) in [5, 5.41) is 22.5. The van der Waals surface area contributed by atoms with E-state index >= 15 is 0 Å². The second-order valence-electron chi connectivity index (χ2n) is 4.34. The van der Waals surface area contributed by atoms with Crippen molar-refractivity contribution in [1.29, 1.82) is 5.26 Å². The van der Waals surface area contributed by atoms with E-state index in [0.29, 0.717) is 31.7 Å². The highest BCUT2D eigenvalue weighted by Gasteiger charge is 2.11. The number of nitrogens with zero attached hydrogens (tertiary/aromatic N) is 2. The lowest BCUT2D eigenvalue weighted by atomic mass is 10.1. The summed E-state index contributed by atoms with van der Waals surface area (Å²) in [6.07, 6.45) is 2.08. The molecule has 0 saturated carbocycles. The van der Waals surface area contributed by atoms with Crippen LogP contribution in [0.5, 0.6) is 5.75 Å². The molecule has 0 atom stereocenters. The fourth-order valence-electron chi connectivity index (χ4n) is 1.69. The summed E-state index contributed by atoms with van der Waals surface area (Å²) >= 11 is 0. The molecular formula is C14H19N3O3. The molecule has 1 rings (SSSR count). The van der Waals surface area contributed by atoms with Gasteiger partial charge in [-0.2, -0.15) is 5.26 Å². The molecule has 6 nitrogen and oxygen atoms in total. The van der Waals surface area contributed by atoms with Gasteiger partial charge in [0.25, 0.3) is 5.69 Å². The molecule has 0 spiro atoms. The molecule has 0 unspecified atom stereocenters. The van der Waals surface area contributed by atoms with E-state index in [1.54, 1.807) is 6.07 Å². The summed E-state index contributed by atoms with van der Waals surface area (Å²) in [7, 11) is 0. The predicted octanol–water partition coefficient (Wildman–Crippen LogP) is 2.78. The van der Waals surface area contributed by atoms with Gasteiger partial charge in [0.1, 0.15) is 5.75 Å². The molecule has 0 aromatic heterocycles. The number of non-ortho nitro benzene ring substituents is 1. The van der Waals surface area contributed by atoms with Crippen molar-refractivity contribution < 1.29 is 9.66 Å². The van der Waals surface area contributed by atoms with Gasteiger partial charge < -0.3 is 10.1 Å². The normalized spacial score (nSPS) is 10.0. The van der Waals surface area contributed by atoms with E-state index in [1.165, 1.54) is 12.1 Å². The highest BCUT2D eigenvalue weighted by molar-refractivity contribution is 5.43. The van der Waals surface area contributed by atoms with Crippen LogP contribution in [-0.4, -0.2) is 18.1 Å². The number of benzene rings is 1. The maximum absolute atomic E-state index is 10.8. The Bertz CT molecular complexity index is 483. The van der Waals surface area contributed by atoms with Crippen LogP contribution in [0.3, 0.4) is 0 Å². The minimum Gasteiger partial charge on any atom is -0.493 e. The smallest absolute Gasteiger partial charge is 0.270 e. The van der Waals surface area contributed by atoms with Gasteiger partial charge >= 0.3 is 0 Å². The van der Waals surface area contributed by atoms with Crippen LogP contribution in [0.2, 0.25) is 0 Å². The highest BCUT2D eigenvalue weighted by Crippen LogP contribution is 2.24. The Morgan fingerprint density at radius 1 is 1.50 bits per heavy atom. The molecular weight excluding hydrogens is 258 g/mol. The molecule has 1 aromatic rings. The molecule has 0 bridgehead atoms. The van der Waals surface area contributed by atoms with Crippen LogP contribution in [0.4, 0.5) is 5.69 Å². The van der Waals surface area contributed by atoms with Gasteiger partial charge in [-0.25, -0.2) is 0 Å². The van der Waals surface area contributed by atoms with Gasteiger partial charge in [0.05, 0.1) is 17.6 Å². The Morgan fingerprint density at radius 2 is 2.30 bits per heavy atom. The summed E-state index contributed by atoms with van der Waals surface area (Å²) in [5.74, 6) is 0.636. The number of nitrogens with one attached hydrogen (secondary N) is 1. The van der Waals surface area contributed by atoms with Gasteiger partial charge in [-0.1, -0.05) is 6.92 Å². The zero-order valence-electron chi connectivity index (χ0n) is 11.6. The lowest BCUT2D eigenvalue weighted by Gasteiger charge is -2.11. The molecule has 1 N–H and O–H groups in total. The molecule has 0 aliphatic heterocycles. The summed E-state index contributed by atoms with van der Waals surface area (Å²) in [5.41, 5.74) is 0.826. The average Bonchev–Trinajstić information content (AvgIpc) is 2.44. The molecule has 1 aromatic carbocycles. The van der Waals surface area contributed by atoms with Crippen molar-refractivity contribution in [3.8, 4) is 11.8 Å². The summed E-state index contributed by atoms with van der Waals surface area (Å²) in [6.45, 7) is 3.87. The number of hydrogen-bond acceptors (Lipinski definition) is 5. The van der Waals surface area contributed by atoms with E-state index in [1.807, 2.05) is 0 Å². The van der Waals surface area contributed by atoms with Crippen molar-refractivity contribution in [1.82, 2.24) is 5.32 Å². The molecule has 0 radical (unpaired) electrons. The van der Waals surface area contributed by atoms with Gasteiger partial charge in [-0.15, -0.1) is 0 Å². The zero-order valence-corrected chi connectivity index (χ0v) is 11.6. The van der Waals surface area contributed by atoms with E-state index < -0.39 is 4.92 Å². The molecule has 0 amide bonds. The maximum atomic E-state index is 10.8. The van der Waals surface area contributed by atoms with E-state index in [2.05, 4.69) is 18.3 Å². The second-order valence-corrected chi connectivity index (χ2v) is 4.34. The molecule has 20 heavy (non-hydrogen) atoms. The molecule has 0 saturated heterocycles. The topological polar surface area (TPSA) is 88.2 Å². The van der Waals surface area contributed by atoms with Gasteiger partial charge in [0, 0.05) is 30.7 Å². The third-order valence-corrected chi connectivity index (χ3v) is 2.69. The molecule has 6 heteroatoms. The lowest BCUT2D eigenvalue weighted by molar-refractivity contribution is -0.384. The van der Waals surface area contributed by atoms with Crippen molar-refractivity contribution in [3.05, 3.63) is 33.9 Å². The Hall–Kier alpha value is -2.13. The number of nitro benzene ring substituents is 1. The molecule has 0 fully saturated rings. The molecule has 0 heterocycles. The van der Waals surface area contributed by atoms with E-state index in [0.717, 1.165) is 18.5 Å². The maximum Gasteiger partial charge on any atom is 0.270 e. The first kappa shape index (κ1) is 15.9. The number of hydrogen-bond donors (Lipinski definition) is 1. The molecule has 108 valence electrons. The van der Waals surface area contributed by atoms with Gasteiger partial charge in [-0.05, 0) is 25.5 Å². The monoisotopic (exact) mass is 277 g/mol. The zero-order chi connectivity index (χ0) is 14.8. The van der Waals surface area contributed by atoms with E-state index in [9.17, 15) is 10.1 Å². The number of nitriles is 1. The quantitative estimate of drug-likeness (QED) is 0.426. The standard InChI is InChI=1S/C14H19N3O3/c1-2-8-16-11-12-10-13(17(18)19)5-6-14(12)20-9-4-3-7-15/h5-6,10,16H,2-4,8-9,11H2,1H3. The Kier molecular flexibility index (Phi) is 7.07. The summed E-state index contributed by atoms with van der Waals surface area (Å²) in [4.78, 5) is 10.4. The first-order chi connectivity index (χ1) is 9.69. The highest BCUT2D eigenvalue weighted by atomic mass is 16.6. The summed E-state index contributed by atoms with van der Waals surface area (Å²) in [6, 6.07) is 6.63. The SMILES string of the molecule is CCCNCc1cc([N+](=O)[O-])ccc1OCCCC#N. The van der Waals surface area contributed by atoms with Gasteiger partial charge in [0.15, 0.2) is 0 Å². The van der Waals surface area contributed by atoms with Crippen LogP contribution in [0.1, 0.15) is 31.7 Å². The lowest BCUT2D eigenvalue weighted by Crippen LogP contribution is -2.15. The number of ether oxygens (including phenoxy) is 1. The Labute approximate surface area is 118 Å². The van der Waals surface area contributed by atoms with Crippen molar-refractivity contribution in [2.75, 3.05) is 13.2 Å².